The fourth-order valence-electron chi connectivity index (χ4n) is 1.88. The number of nitrogens with zero attached hydrogens (tertiary/aromatic N) is 1. The molecule has 0 heterocycles. The van der Waals surface area contributed by atoms with Gasteiger partial charge in [-0.15, -0.1) is 0 Å². The third kappa shape index (κ3) is 6.68. The second-order valence-corrected chi connectivity index (χ2v) is 6.30. The minimum Gasteiger partial charge on any atom is -0.480 e. The Morgan fingerprint density at radius 3 is 2.25 bits per heavy atom. The van der Waals surface area contributed by atoms with E-state index in [4.69, 9.17) is 9.47 Å². The molecular weight excluding hydrogens is 314 g/mol. The van der Waals surface area contributed by atoms with Gasteiger partial charge in [0.15, 0.2) is 0 Å². The van der Waals surface area contributed by atoms with E-state index >= 15 is 0 Å². The molecule has 1 aromatic rings. The molecule has 0 unspecified atom stereocenters. The van der Waals surface area contributed by atoms with Crippen LogP contribution in [0.2, 0.25) is 0 Å². The third-order valence-electron chi connectivity index (χ3n) is 3.03. The monoisotopic (exact) mass is 337 g/mol. The summed E-state index contributed by atoms with van der Waals surface area (Å²) in [7, 11) is 1.27. The van der Waals surface area contributed by atoms with Crippen LogP contribution < -0.4 is 0 Å². The maximum atomic E-state index is 12.0. The number of hydrogen-bond acceptors (Lipinski definition) is 5. The Bertz CT molecular complexity index is 578. The number of carboxylic acids is 1. The molecule has 0 radical (unpaired) electrons. The number of carbonyl (C=O) groups excluding carboxylic acids is 2. The number of likely N-dealkylation sites (N-methyl/N-ethyl adjacent to an activating group) is 1. The smallest absolute Gasteiger partial charge is 0.410 e. The molecule has 1 atom stereocenters. The van der Waals surface area contributed by atoms with Crippen LogP contribution in [0.4, 0.5) is 4.79 Å². The number of ether oxygens (including phenoxy) is 2. The molecule has 0 aromatic heterocycles. The first kappa shape index (κ1) is 19.5. The lowest BCUT2D eigenvalue weighted by Crippen LogP contribution is -2.44. The zero-order valence-electron chi connectivity index (χ0n) is 14.3. The molecule has 0 fully saturated rings. The van der Waals surface area contributed by atoms with Gasteiger partial charge in [-0.1, -0.05) is 30.3 Å². The Kier molecular flexibility index (Phi) is 6.76. The molecule has 1 aromatic carbocycles. The zero-order chi connectivity index (χ0) is 18.3. The molecule has 0 saturated carbocycles. The molecule has 24 heavy (non-hydrogen) atoms. The van der Waals surface area contributed by atoms with Gasteiger partial charge in [-0.05, 0) is 26.3 Å². The fourth-order valence-corrected chi connectivity index (χ4v) is 1.88. The van der Waals surface area contributed by atoms with E-state index in [0.29, 0.717) is 0 Å². The number of aliphatic carboxylic acids is 1. The summed E-state index contributed by atoms with van der Waals surface area (Å²) in [6.07, 6.45) is -1.28. The van der Waals surface area contributed by atoms with Crippen molar-refractivity contribution >= 4 is 18.0 Å². The summed E-state index contributed by atoms with van der Waals surface area (Å²) in [5, 5.41) is 9.27. The van der Waals surface area contributed by atoms with Gasteiger partial charge in [-0.2, -0.15) is 0 Å². The molecular formula is C17H23NO6. The van der Waals surface area contributed by atoms with E-state index in [1.807, 2.05) is 6.07 Å². The van der Waals surface area contributed by atoms with Crippen LogP contribution in [0.25, 0.3) is 0 Å². The van der Waals surface area contributed by atoms with E-state index in [1.54, 1.807) is 45.0 Å². The van der Waals surface area contributed by atoms with Crippen LogP contribution in [-0.4, -0.2) is 46.7 Å². The highest BCUT2D eigenvalue weighted by atomic mass is 16.6. The fraction of sp³-hybridized carbons (Fsp3) is 0.471. The SMILES string of the molecule is CN(C(=O)OCc1ccccc1)[C@@H](CC(=O)OC(C)(C)C)C(=O)O. The van der Waals surface area contributed by atoms with E-state index in [0.717, 1.165) is 10.5 Å². The Balaban J connectivity index is 2.64. The second kappa shape index (κ2) is 8.33. The lowest BCUT2D eigenvalue weighted by atomic mass is 10.1. The minimum atomic E-state index is -1.36. The van der Waals surface area contributed by atoms with Crippen LogP contribution in [0, 0.1) is 0 Å². The number of benzene rings is 1. The molecule has 7 nitrogen and oxygen atoms in total. The van der Waals surface area contributed by atoms with Crippen molar-refractivity contribution in [1.82, 2.24) is 4.90 Å². The van der Waals surface area contributed by atoms with Crippen LogP contribution in [0.5, 0.6) is 0 Å². The maximum absolute atomic E-state index is 12.0. The van der Waals surface area contributed by atoms with Gasteiger partial charge < -0.3 is 14.6 Å². The van der Waals surface area contributed by atoms with Gasteiger partial charge in [0.2, 0.25) is 0 Å². The first-order valence-electron chi connectivity index (χ1n) is 7.48. The minimum absolute atomic E-state index is 0.0167. The van der Waals surface area contributed by atoms with Gasteiger partial charge in [0, 0.05) is 7.05 Å². The van der Waals surface area contributed by atoms with Crippen LogP contribution in [0.15, 0.2) is 30.3 Å². The van der Waals surface area contributed by atoms with Crippen LogP contribution in [0.3, 0.4) is 0 Å². The third-order valence-corrected chi connectivity index (χ3v) is 3.03. The molecule has 1 rings (SSSR count). The maximum Gasteiger partial charge on any atom is 0.410 e. The highest BCUT2D eigenvalue weighted by molar-refractivity contribution is 5.85. The first-order chi connectivity index (χ1) is 11.1. The van der Waals surface area contributed by atoms with Crippen molar-refractivity contribution in [3.63, 3.8) is 0 Å². The molecule has 0 aliphatic rings. The Hall–Kier alpha value is -2.57. The summed E-state index contributed by atoms with van der Waals surface area (Å²) in [6, 6.07) is 7.64. The van der Waals surface area contributed by atoms with E-state index < -0.39 is 36.1 Å². The van der Waals surface area contributed by atoms with E-state index in [2.05, 4.69) is 0 Å². The lowest BCUT2D eigenvalue weighted by Gasteiger charge is -2.25. The van der Waals surface area contributed by atoms with Gasteiger partial charge in [-0.3, -0.25) is 9.69 Å². The van der Waals surface area contributed by atoms with Crippen molar-refractivity contribution < 1.29 is 29.0 Å². The average molecular weight is 337 g/mol. The van der Waals surface area contributed by atoms with Crippen LogP contribution in [0.1, 0.15) is 32.8 Å². The van der Waals surface area contributed by atoms with Gasteiger partial charge >= 0.3 is 18.0 Å². The molecule has 0 saturated heterocycles. The van der Waals surface area contributed by atoms with Crippen molar-refractivity contribution in [2.24, 2.45) is 0 Å². The standard InChI is InChI=1S/C17H23NO6/c1-17(2,3)24-14(19)10-13(15(20)21)18(4)16(22)23-11-12-8-6-5-7-9-12/h5-9,13H,10-11H2,1-4H3,(H,20,21)/t13-/m0/s1. The molecule has 0 spiro atoms. The molecule has 0 aliphatic carbocycles. The molecule has 132 valence electrons. The Morgan fingerprint density at radius 2 is 1.75 bits per heavy atom. The summed E-state index contributed by atoms with van der Waals surface area (Å²) in [5.41, 5.74) is 0.0465. The molecule has 1 N–H and O–H groups in total. The second-order valence-electron chi connectivity index (χ2n) is 6.30. The number of carbonyl (C=O) groups is 3. The van der Waals surface area contributed by atoms with Crippen molar-refractivity contribution in [2.75, 3.05) is 7.05 Å². The van der Waals surface area contributed by atoms with Crippen LogP contribution in [-0.2, 0) is 25.7 Å². The Morgan fingerprint density at radius 1 is 1.17 bits per heavy atom. The number of hydrogen-bond donors (Lipinski definition) is 1. The summed E-state index contributed by atoms with van der Waals surface area (Å²) in [4.78, 5) is 36.1. The first-order valence-corrected chi connectivity index (χ1v) is 7.48. The van der Waals surface area contributed by atoms with Gasteiger partial charge in [-0.25, -0.2) is 9.59 Å². The summed E-state index contributed by atoms with van der Waals surface area (Å²) in [6.45, 7) is 5.05. The summed E-state index contributed by atoms with van der Waals surface area (Å²) >= 11 is 0. The highest BCUT2D eigenvalue weighted by Gasteiger charge is 2.32. The van der Waals surface area contributed by atoms with Gasteiger partial charge in [0.05, 0.1) is 6.42 Å². The predicted molar refractivity (Wildman–Crippen MR) is 86.3 cm³/mol. The van der Waals surface area contributed by atoms with Gasteiger partial charge in [0.25, 0.3) is 0 Å². The van der Waals surface area contributed by atoms with Crippen LogP contribution >= 0.6 is 0 Å². The van der Waals surface area contributed by atoms with E-state index in [1.165, 1.54) is 7.05 Å². The molecule has 0 bridgehead atoms. The number of esters is 1. The van der Waals surface area contributed by atoms with Crippen molar-refractivity contribution in [1.29, 1.82) is 0 Å². The number of rotatable bonds is 6. The van der Waals surface area contributed by atoms with E-state index in [-0.39, 0.29) is 6.61 Å². The molecule has 7 heteroatoms. The average Bonchev–Trinajstić information content (AvgIpc) is 2.48. The van der Waals surface area contributed by atoms with Crippen molar-refractivity contribution in [2.45, 2.75) is 45.4 Å². The number of amides is 1. The topological polar surface area (TPSA) is 93.1 Å². The quantitative estimate of drug-likeness (QED) is 0.802. The zero-order valence-corrected chi connectivity index (χ0v) is 14.3. The van der Waals surface area contributed by atoms with Crippen molar-refractivity contribution in [3.8, 4) is 0 Å². The predicted octanol–water partition coefficient (Wildman–Crippen LogP) is 2.44. The lowest BCUT2D eigenvalue weighted by molar-refractivity contribution is -0.160. The molecule has 1 amide bonds. The molecule has 0 aliphatic heterocycles. The van der Waals surface area contributed by atoms with E-state index in [9.17, 15) is 19.5 Å². The number of carboxylic acid groups (broad SMARTS) is 1. The van der Waals surface area contributed by atoms with Crippen molar-refractivity contribution in [3.05, 3.63) is 35.9 Å². The summed E-state index contributed by atoms with van der Waals surface area (Å²) in [5.74, 6) is -2.00. The normalized spacial score (nSPS) is 12.2. The van der Waals surface area contributed by atoms with Gasteiger partial charge in [0.1, 0.15) is 18.2 Å². The highest BCUT2D eigenvalue weighted by Crippen LogP contribution is 2.13. The largest absolute Gasteiger partial charge is 0.480 e. The summed E-state index contributed by atoms with van der Waals surface area (Å²) < 4.78 is 10.2. The Labute approximate surface area is 141 Å².